The molecule has 0 amide bonds. The molecule has 0 aliphatic carbocycles. The highest BCUT2D eigenvalue weighted by molar-refractivity contribution is 5.37. The van der Waals surface area contributed by atoms with Crippen LogP contribution in [0.1, 0.15) is 36.1 Å². The number of aryl methyl sites for hydroxylation is 1. The number of benzene rings is 2. The first-order valence-corrected chi connectivity index (χ1v) is 6.90. The Bertz CT molecular complexity index is 609. The SMILES string of the molecule is CCCOc1ccc(C(O)c2c(F)ccc(C)c2F)cc1. The van der Waals surface area contributed by atoms with Gasteiger partial charge in [0.05, 0.1) is 12.2 Å². The molecule has 1 unspecified atom stereocenters. The van der Waals surface area contributed by atoms with Crippen molar-refractivity contribution in [2.24, 2.45) is 0 Å². The molecule has 4 heteroatoms. The lowest BCUT2D eigenvalue weighted by molar-refractivity contribution is 0.208. The van der Waals surface area contributed by atoms with E-state index in [1.807, 2.05) is 6.92 Å². The van der Waals surface area contributed by atoms with Crippen LogP contribution in [0.25, 0.3) is 0 Å². The summed E-state index contributed by atoms with van der Waals surface area (Å²) in [5, 5.41) is 10.2. The third-order valence-corrected chi connectivity index (χ3v) is 3.26. The summed E-state index contributed by atoms with van der Waals surface area (Å²) in [6.45, 7) is 4.14. The van der Waals surface area contributed by atoms with Crippen molar-refractivity contribution in [3.63, 3.8) is 0 Å². The molecule has 1 N–H and O–H groups in total. The van der Waals surface area contributed by atoms with Crippen molar-refractivity contribution in [3.8, 4) is 5.75 Å². The molecule has 0 aliphatic rings. The Labute approximate surface area is 123 Å². The van der Waals surface area contributed by atoms with E-state index in [4.69, 9.17) is 4.74 Å². The minimum absolute atomic E-state index is 0.299. The summed E-state index contributed by atoms with van der Waals surface area (Å²) in [5.41, 5.74) is 0.396. The van der Waals surface area contributed by atoms with Crippen LogP contribution in [0.2, 0.25) is 0 Å². The maximum atomic E-state index is 14.0. The van der Waals surface area contributed by atoms with Crippen LogP contribution >= 0.6 is 0 Å². The highest BCUT2D eigenvalue weighted by Crippen LogP contribution is 2.29. The fourth-order valence-corrected chi connectivity index (χ4v) is 2.06. The zero-order chi connectivity index (χ0) is 15.4. The zero-order valence-electron chi connectivity index (χ0n) is 12.1. The Kier molecular flexibility index (Phi) is 4.91. The average molecular weight is 292 g/mol. The van der Waals surface area contributed by atoms with E-state index >= 15 is 0 Å². The molecular weight excluding hydrogens is 274 g/mol. The topological polar surface area (TPSA) is 29.5 Å². The Morgan fingerprint density at radius 3 is 2.38 bits per heavy atom. The highest BCUT2D eigenvalue weighted by atomic mass is 19.1. The van der Waals surface area contributed by atoms with Crippen LogP contribution < -0.4 is 4.74 Å². The van der Waals surface area contributed by atoms with E-state index in [1.54, 1.807) is 24.3 Å². The molecular formula is C17H18F2O2. The first-order chi connectivity index (χ1) is 10.0. The second-order valence-corrected chi connectivity index (χ2v) is 4.91. The first kappa shape index (κ1) is 15.4. The lowest BCUT2D eigenvalue weighted by Crippen LogP contribution is -2.07. The third-order valence-electron chi connectivity index (χ3n) is 3.26. The summed E-state index contributed by atoms with van der Waals surface area (Å²) in [4.78, 5) is 0. The number of halogens is 2. The van der Waals surface area contributed by atoms with Crippen LogP contribution in [0.15, 0.2) is 36.4 Å². The van der Waals surface area contributed by atoms with Crippen LogP contribution in [0.4, 0.5) is 8.78 Å². The number of aliphatic hydroxyl groups is 1. The van der Waals surface area contributed by atoms with Crippen molar-refractivity contribution in [1.82, 2.24) is 0 Å². The van der Waals surface area contributed by atoms with Gasteiger partial charge in [-0.15, -0.1) is 0 Å². The van der Waals surface area contributed by atoms with Gasteiger partial charge in [-0.25, -0.2) is 8.78 Å². The monoisotopic (exact) mass is 292 g/mol. The number of hydrogen-bond acceptors (Lipinski definition) is 2. The fraction of sp³-hybridized carbons (Fsp3) is 0.294. The predicted octanol–water partition coefficient (Wildman–Crippen LogP) is 4.14. The normalized spacial score (nSPS) is 12.2. The van der Waals surface area contributed by atoms with Crippen molar-refractivity contribution >= 4 is 0 Å². The zero-order valence-corrected chi connectivity index (χ0v) is 12.1. The van der Waals surface area contributed by atoms with Gasteiger partial charge in [0.25, 0.3) is 0 Å². The predicted molar refractivity (Wildman–Crippen MR) is 77.4 cm³/mol. The third kappa shape index (κ3) is 3.39. The Morgan fingerprint density at radius 1 is 1.10 bits per heavy atom. The van der Waals surface area contributed by atoms with Gasteiger partial charge in [0.2, 0.25) is 0 Å². The van der Waals surface area contributed by atoms with Crippen LogP contribution in [0.3, 0.4) is 0 Å². The molecule has 0 bridgehead atoms. The first-order valence-electron chi connectivity index (χ1n) is 6.90. The van der Waals surface area contributed by atoms with Crippen LogP contribution in [-0.2, 0) is 0 Å². The maximum absolute atomic E-state index is 14.0. The number of ether oxygens (including phenoxy) is 1. The van der Waals surface area contributed by atoms with Gasteiger partial charge in [-0.3, -0.25) is 0 Å². The Balaban J connectivity index is 2.28. The van der Waals surface area contributed by atoms with Crippen LogP contribution in [0, 0.1) is 18.6 Å². The summed E-state index contributed by atoms with van der Waals surface area (Å²) in [6.07, 6.45) is -0.450. The lowest BCUT2D eigenvalue weighted by Gasteiger charge is -2.15. The van der Waals surface area contributed by atoms with E-state index in [0.717, 1.165) is 12.5 Å². The second-order valence-electron chi connectivity index (χ2n) is 4.91. The number of aliphatic hydroxyl groups excluding tert-OH is 1. The van der Waals surface area contributed by atoms with Gasteiger partial charge in [-0.05, 0) is 42.7 Å². The molecule has 0 saturated heterocycles. The highest BCUT2D eigenvalue weighted by Gasteiger charge is 2.21. The molecule has 0 heterocycles. The van der Waals surface area contributed by atoms with Crippen LogP contribution in [0.5, 0.6) is 5.75 Å². The van der Waals surface area contributed by atoms with E-state index in [1.165, 1.54) is 13.0 Å². The lowest BCUT2D eigenvalue weighted by atomic mass is 9.98. The van der Waals surface area contributed by atoms with E-state index in [9.17, 15) is 13.9 Å². The number of rotatable bonds is 5. The maximum Gasteiger partial charge on any atom is 0.135 e. The molecule has 2 nitrogen and oxygen atoms in total. The molecule has 0 aliphatic heterocycles. The molecule has 2 aromatic rings. The number of hydrogen-bond donors (Lipinski definition) is 1. The van der Waals surface area contributed by atoms with Gasteiger partial charge < -0.3 is 9.84 Å². The van der Waals surface area contributed by atoms with Gasteiger partial charge in [0.1, 0.15) is 23.5 Å². The minimum Gasteiger partial charge on any atom is -0.494 e. The molecule has 2 rings (SSSR count). The molecule has 0 aromatic heterocycles. The van der Waals surface area contributed by atoms with Gasteiger partial charge in [-0.2, -0.15) is 0 Å². The molecule has 0 radical (unpaired) electrons. The molecule has 1 atom stereocenters. The quantitative estimate of drug-likeness (QED) is 0.897. The van der Waals surface area contributed by atoms with Crippen molar-refractivity contribution in [2.75, 3.05) is 6.61 Å². The summed E-state index contributed by atoms with van der Waals surface area (Å²) in [7, 11) is 0. The molecule has 0 fully saturated rings. The molecule has 112 valence electrons. The van der Waals surface area contributed by atoms with Gasteiger partial charge >= 0.3 is 0 Å². The second kappa shape index (κ2) is 6.68. The molecule has 21 heavy (non-hydrogen) atoms. The smallest absolute Gasteiger partial charge is 0.135 e. The molecule has 0 saturated carbocycles. The van der Waals surface area contributed by atoms with Gasteiger partial charge in [-0.1, -0.05) is 25.1 Å². The summed E-state index contributed by atoms with van der Waals surface area (Å²) in [5.74, 6) is -0.802. The van der Waals surface area contributed by atoms with Crippen molar-refractivity contribution in [2.45, 2.75) is 26.4 Å². The minimum atomic E-state index is -1.34. The summed E-state index contributed by atoms with van der Waals surface area (Å²) in [6, 6.07) is 9.09. The Hall–Kier alpha value is -1.94. The standard InChI is InChI=1S/C17H18F2O2/c1-3-10-21-13-7-5-12(6-8-13)17(20)15-14(18)9-4-11(2)16(15)19/h4-9,17,20H,3,10H2,1-2H3. The van der Waals surface area contributed by atoms with Crippen molar-refractivity contribution in [1.29, 1.82) is 0 Å². The summed E-state index contributed by atoms with van der Waals surface area (Å²) < 4.78 is 33.2. The van der Waals surface area contributed by atoms with E-state index < -0.39 is 17.7 Å². The Morgan fingerprint density at radius 2 is 1.76 bits per heavy atom. The van der Waals surface area contributed by atoms with Crippen molar-refractivity contribution in [3.05, 3.63) is 64.7 Å². The van der Waals surface area contributed by atoms with E-state index in [0.29, 0.717) is 23.5 Å². The fourth-order valence-electron chi connectivity index (χ4n) is 2.06. The molecule has 2 aromatic carbocycles. The van der Waals surface area contributed by atoms with Crippen LogP contribution in [-0.4, -0.2) is 11.7 Å². The molecule has 0 spiro atoms. The van der Waals surface area contributed by atoms with E-state index in [-0.39, 0.29) is 5.56 Å². The largest absolute Gasteiger partial charge is 0.494 e. The van der Waals surface area contributed by atoms with Gasteiger partial charge in [0, 0.05) is 0 Å². The van der Waals surface area contributed by atoms with E-state index in [2.05, 4.69) is 0 Å². The summed E-state index contributed by atoms with van der Waals surface area (Å²) >= 11 is 0. The van der Waals surface area contributed by atoms with Gasteiger partial charge in [0.15, 0.2) is 0 Å². The average Bonchev–Trinajstić information content (AvgIpc) is 2.49. The van der Waals surface area contributed by atoms with Crippen molar-refractivity contribution < 1.29 is 18.6 Å².